The summed E-state index contributed by atoms with van der Waals surface area (Å²) in [7, 11) is 0. The molecule has 1 saturated heterocycles. The van der Waals surface area contributed by atoms with Gasteiger partial charge in [-0.3, -0.25) is 4.79 Å². The number of aromatic amines is 1. The van der Waals surface area contributed by atoms with Crippen molar-refractivity contribution in [2.24, 2.45) is 0 Å². The minimum Gasteiger partial charge on any atom is -0.480 e. The van der Waals surface area contributed by atoms with Crippen molar-refractivity contribution >= 4 is 17.0 Å². The molecule has 1 aliphatic rings. The quantitative estimate of drug-likeness (QED) is 0.754. The highest BCUT2D eigenvalue weighted by atomic mass is 16.5. The largest absolute Gasteiger partial charge is 0.480 e. The number of benzene rings is 1. The van der Waals surface area contributed by atoms with Gasteiger partial charge in [0.05, 0.1) is 17.6 Å². The number of H-pyrrole nitrogens is 1. The van der Waals surface area contributed by atoms with Gasteiger partial charge in [-0.05, 0) is 18.6 Å². The normalized spacial score (nSPS) is 17.8. The van der Waals surface area contributed by atoms with E-state index in [2.05, 4.69) is 20.1 Å². The second kappa shape index (κ2) is 5.47. The maximum Gasteiger partial charge on any atom is 0.325 e. The molecule has 23 heavy (non-hydrogen) atoms. The number of rotatable bonds is 4. The van der Waals surface area contributed by atoms with Crippen LogP contribution in [0.15, 0.2) is 24.3 Å². The van der Waals surface area contributed by atoms with Crippen molar-refractivity contribution in [1.29, 1.82) is 0 Å². The first-order valence-electron chi connectivity index (χ1n) is 7.40. The summed E-state index contributed by atoms with van der Waals surface area (Å²) in [5.74, 6) is 0.699. The highest BCUT2D eigenvalue weighted by Gasteiger charge is 2.25. The van der Waals surface area contributed by atoms with Crippen LogP contribution >= 0.6 is 0 Å². The van der Waals surface area contributed by atoms with Gasteiger partial charge in [0, 0.05) is 12.5 Å². The van der Waals surface area contributed by atoms with Crippen molar-refractivity contribution in [2.75, 3.05) is 13.2 Å². The van der Waals surface area contributed by atoms with E-state index in [4.69, 9.17) is 9.84 Å². The Hall–Kier alpha value is -2.74. The highest BCUT2D eigenvalue weighted by molar-refractivity contribution is 5.78. The fourth-order valence-corrected chi connectivity index (χ4v) is 2.74. The van der Waals surface area contributed by atoms with Crippen LogP contribution in [0.3, 0.4) is 0 Å². The lowest BCUT2D eigenvalue weighted by Crippen LogP contribution is -2.12. The van der Waals surface area contributed by atoms with E-state index in [9.17, 15) is 4.79 Å². The maximum atomic E-state index is 11.1. The summed E-state index contributed by atoms with van der Waals surface area (Å²) < 4.78 is 6.75. The number of carboxylic acid groups (broad SMARTS) is 1. The molecule has 3 aromatic rings. The number of aromatic nitrogens is 5. The van der Waals surface area contributed by atoms with Crippen molar-refractivity contribution in [3.8, 4) is 11.6 Å². The smallest absolute Gasteiger partial charge is 0.325 e. The van der Waals surface area contributed by atoms with Crippen LogP contribution in [-0.2, 0) is 16.1 Å². The summed E-state index contributed by atoms with van der Waals surface area (Å²) in [4.78, 5) is 23.3. The van der Waals surface area contributed by atoms with Gasteiger partial charge in [0.2, 0.25) is 0 Å². The van der Waals surface area contributed by atoms with Gasteiger partial charge in [-0.2, -0.15) is 5.10 Å². The standard InChI is InChI=1S/C15H15N5O3/c21-12(22)7-20-15(18-13(19-20)9-5-6-23-8-9)14-16-10-3-1-2-4-11(10)17-14/h1-4,9H,5-8H2,(H,16,17)(H,21,22)/t9-/m0/s1. The first-order chi connectivity index (χ1) is 11.2. The van der Waals surface area contributed by atoms with E-state index in [-0.39, 0.29) is 12.5 Å². The summed E-state index contributed by atoms with van der Waals surface area (Å²) in [5.41, 5.74) is 1.68. The molecule has 2 aromatic heterocycles. The Morgan fingerprint density at radius 3 is 3.00 bits per heavy atom. The van der Waals surface area contributed by atoms with E-state index in [1.54, 1.807) is 0 Å². The van der Waals surface area contributed by atoms with Gasteiger partial charge in [0.1, 0.15) is 6.54 Å². The van der Waals surface area contributed by atoms with Crippen molar-refractivity contribution in [2.45, 2.75) is 18.9 Å². The Labute approximate surface area is 131 Å². The van der Waals surface area contributed by atoms with Crippen LogP contribution in [0.5, 0.6) is 0 Å². The molecule has 0 aliphatic carbocycles. The van der Waals surface area contributed by atoms with Gasteiger partial charge in [0.25, 0.3) is 0 Å². The van der Waals surface area contributed by atoms with Crippen molar-refractivity contribution in [3.05, 3.63) is 30.1 Å². The molecule has 2 N–H and O–H groups in total. The lowest BCUT2D eigenvalue weighted by Gasteiger charge is -2.00. The number of para-hydroxylation sites is 2. The molecule has 0 amide bonds. The minimum absolute atomic E-state index is 0.105. The predicted molar refractivity (Wildman–Crippen MR) is 80.9 cm³/mol. The van der Waals surface area contributed by atoms with Crippen LogP contribution in [-0.4, -0.2) is 49.0 Å². The first-order valence-corrected chi connectivity index (χ1v) is 7.40. The molecule has 118 valence electrons. The lowest BCUT2D eigenvalue weighted by atomic mass is 10.1. The highest BCUT2D eigenvalue weighted by Crippen LogP contribution is 2.25. The van der Waals surface area contributed by atoms with E-state index in [1.807, 2.05) is 24.3 Å². The average Bonchev–Trinajstić information content (AvgIpc) is 3.25. The third-order valence-corrected chi connectivity index (χ3v) is 3.87. The molecule has 4 rings (SSSR count). The van der Waals surface area contributed by atoms with Crippen LogP contribution in [0.25, 0.3) is 22.7 Å². The molecule has 1 atom stereocenters. The minimum atomic E-state index is -0.971. The van der Waals surface area contributed by atoms with Crippen molar-refractivity contribution < 1.29 is 14.6 Å². The summed E-state index contributed by atoms with van der Waals surface area (Å²) >= 11 is 0. The molecule has 1 fully saturated rings. The monoisotopic (exact) mass is 313 g/mol. The predicted octanol–water partition coefficient (Wildman–Crippen LogP) is 1.41. The number of nitrogens with zero attached hydrogens (tertiary/aromatic N) is 4. The van der Waals surface area contributed by atoms with E-state index in [1.165, 1.54) is 4.68 Å². The molecule has 0 radical (unpaired) electrons. The molecule has 0 spiro atoms. The Morgan fingerprint density at radius 1 is 1.39 bits per heavy atom. The van der Waals surface area contributed by atoms with Crippen LogP contribution < -0.4 is 0 Å². The number of carbonyl (C=O) groups is 1. The summed E-state index contributed by atoms with van der Waals surface area (Å²) in [6.07, 6.45) is 0.844. The average molecular weight is 313 g/mol. The SMILES string of the molecule is O=C(O)Cn1nc([C@H]2CCOC2)nc1-c1nc2ccccc2[nH]1. The van der Waals surface area contributed by atoms with Gasteiger partial charge >= 0.3 is 5.97 Å². The zero-order valence-electron chi connectivity index (χ0n) is 12.3. The van der Waals surface area contributed by atoms with Gasteiger partial charge in [-0.25, -0.2) is 14.6 Å². The summed E-state index contributed by atoms with van der Waals surface area (Å²) in [5, 5.41) is 13.5. The molecule has 8 heteroatoms. The Morgan fingerprint density at radius 2 is 2.26 bits per heavy atom. The summed E-state index contributed by atoms with van der Waals surface area (Å²) in [6, 6.07) is 7.61. The van der Waals surface area contributed by atoms with Crippen LogP contribution in [0, 0.1) is 0 Å². The molecule has 8 nitrogen and oxygen atoms in total. The second-order valence-corrected chi connectivity index (χ2v) is 5.51. The van der Waals surface area contributed by atoms with Crippen molar-refractivity contribution in [3.63, 3.8) is 0 Å². The first kappa shape index (κ1) is 13.9. The maximum absolute atomic E-state index is 11.1. The Balaban J connectivity index is 1.79. The molecule has 1 aliphatic heterocycles. The zero-order valence-corrected chi connectivity index (χ0v) is 12.3. The molecule has 0 unspecified atom stereocenters. The number of aliphatic carboxylic acids is 1. The van der Waals surface area contributed by atoms with Crippen molar-refractivity contribution in [1.82, 2.24) is 24.7 Å². The Kier molecular flexibility index (Phi) is 3.30. The molecule has 1 aromatic carbocycles. The van der Waals surface area contributed by atoms with E-state index >= 15 is 0 Å². The number of nitrogens with one attached hydrogen (secondary N) is 1. The van der Waals surface area contributed by atoms with Crippen LogP contribution in [0.4, 0.5) is 0 Å². The number of imidazole rings is 1. The molecular weight excluding hydrogens is 298 g/mol. The number of ether oxygens (including phenoxy) is 1. The molecule has 3 heterocycles. The number of hydrogen-bond acceptors (Lipinski definition) is 5. The number of hydrogen-bond donors (Lipinski definition) is 2. The van der Waals surface area contributed by atoms with E-state index in [0.29, 0.717) is 30.7 Å². The molecule has 0 saturated carbocycles. The van der Waals surface area contributed by atoms with Crippen LogP contribution in [0.1, 0.15) is 18.2 Å². The lowest BCUT2D eigenvalue weighted by molar-refractivity contribution is -0.137. The molecular formula is C15H15N5O3. The summed E-state index contributed by atoms with van der Waals surface area (Å²) in [6.45, 7) is 0.988. The van der Waals surface area contributed by atoms with E-state index < -0.39 is 5.97 Å². The third-order valence-electron chi connectivity index (χ3n) is 3.87. The number of carboxylic acids is 1. The third kappa shape index (κ3) is 2.57. The fourth-order valence-electron chi connectivity index (χ4n) is 2.74. The zero-order chi connectivity index (χ0) is 15.8. The Bertz CT molecular complexity index is 830. The topological polar surface area (TPSA) is 106 Å². The van der Waals surface area contributed by atoms with Gasteiger partial charge in [-0.15, -0.1) is 0 Å². The second-order valence-electron chi connectivity index (χ2n) is 5.51. The molecule has 0 bridgehead atoms. The fraction of sp³-hybridized carbons (Fsp3) is 0.333. The van der Waals surface area contributed by atoms with Gasteiger partial charge in [0.15, 0.2) is 17.5 Å². The van der Waals surface area contributed by atoms with Gasteiger partial charge in [-0.1, -0.05) is 12.1 Å². The van der Waals surface area contributed by atoms with E-state index in [0.717, 1.165) is 17.5 Å². The van der Waals surface area contributed by atoms with Gasteiger partial charge < -0.3 is 14.8 Å². The van der Waals surface area contributed by atoms with Crippen LogP contribution in [0.2, 0.25) is 0 Å². The number of fused-ring (bicyclic) bond motifs is 1.